The van der Waals surface area contributed by atoms with Gasteiger partial charge in [-0.05, 0) is 62.2 Å². The summed E-state index contributed by atoms with van der Waals surface area (Å²) < 4.78 is 71.4. The zero-order chi connectivity index (χ0) is 24.4. The fourth-order valence-corrected chi connectivity index (χ4v) is 6.38. The summed E-state index contributed by atoms with van der Waals surface area (Å²) >= 11 is 0. The third-order valence-electron chi connectivity index (χ3n) is 5.30. The molecule has 1 heterocycles. The highest BCUT2D eigenvalue weighted by Gasteiger charge is 2.31. The number of benzene rings is 2. The van der Waals surface area contributed by atoms with Crippen LogP contribution in [0.2, 0.25) is 0 Å². The molecule has 1 N–H and O–H groups in total. The standard InChI is InChI=1S/C21H26FN3O6S2/c1-15(25(32(3,27)28)17-8-6-16(22)7-9-17)21(26)23-19-14-18(10-11-20(19)31-2)33(29,30)24-12-4-5-13-24/h6-11,14-15H,4-5,12-13H2,1-3H3,(H,23,26)/t15-/m0/s1. The molecule has 0 aromatic heterocycles. The van der Waals surface area contributed by atoms with Crippen LogP contribution < -0.4 is 14.4 Å². The first-order valence-corrected chi connectivity index (χ1v) is 13.5. The molecule has 0 bridgehead atoms. The van der Waals surface area contributed by atoms with E-state index in [-0.39, 0.29) is 22.0 Å². The highest BCUT2D eigenvalue weighted by atomic mass is 32.2. The van der Waals surface area contributed by atoms with E-state index in [0.717, 1.165) is 35.5 Å². The molecule has 1 atom stereocenters. The number of sulfonamides is 2. The first-order valence-electron chi connectivity index (χ1n) is 10.2. The van der Waals surface area contributed by atoms with Gasteiger partial charge >= 0.3 is 0 Å². The number of hydrogen-bond acceptors (Lipinski definition) is 6. The van der Waals surface area contributed by atoms with E-state index in [0.29, 0.717) is 13.1 Å². The summed E-state index contributed by atoms with van der Waals surface area (Å²) in [6, 6.07) is 7.58. The Labute approximate surface area is 193 Å². The summed E-state index contributed by atoms with van der Waals surface area (Å²) in [5.74, 6) is -1.06. The minimum Gasteiger partial charge on any atom is -0.495 e. The van der Waals surface area contributed by atoms with Gasteiger partial charge < -0.3 is 10.1 Å². The highest BCUT2D eigenvalue weighted by molar-refractivity contribution is 7.92. The maximum absolute atomic E-state index is 13.3. The quantitative estimate of drug-likeness (QED) is 0.597. The number of nitrogens with one attached hydrogen (secondary N) is 1. The van der Waals surface area contributed by atoms with E-state index in [1.54, 1.807) is 0 Å². The van der Waals surface area contributed by atoms with Gasteiger partial charge in [0.25, 0.3) is 0 Å². The second kappa shape index (κ2) is 9.65. The number of methoxy groups -OCH3 is 1. The van der Waals surface area contributed by atoms with Gasteiger partial charge in [-0.1, -0.05) is 0 Å². The Morgan fingerprint density at radius 3 is 2.24 bits per heavy atom. The van der Waals surface area contributed by atoms with Crippen molar-refractivity contribution >= 4 is 37.3 Å². The van der Waals surface area contributed by atoms with E-state index in [1.165, 1.54) is 48.7 Å². The van der Waals surface area contributed by atoms with Gasteiger partial charge in [-0.15, -0.1) is 0 Å². The average Bonchev–Trinajstić information content (AvgIpc) is 3.30. The Morgan fingerprint density at radius 1 is 1.09 bits per heavy atom. The lowest BCUT2D eigenvalue weighted by Gasteiger charge is -2.28. The van der Waals surface area contributed by atoms with Crippen LogP contribution in [0.15, 0.2) is 47.4 Å². The lowest BCUT2D eigenvalue weighted by molar-refractivity contribution is -0.116. The van der Waals surface area contributed by atoms with Gasteiger partial charge in [-0.25, -0.2) is 21.2 Å². The van der Waals surface area contributed by atoms with E-state index >= 15 is 0 Å². The van der Waals surface area contributed by atoms with Crippen LogP contribution in [-0.4, -0.2) is 59.5 Å². The third kappa shape index (κ3) is 5.45. The molecular formula is C21H26FN3O6S2. The number of ether oxygens (including phenoxy) is 1. The number of rotatable bonds is 8. The molecule has 1 saturated heterocycles. The molecule has 1 fully saturated rings. The molecule has 3 rings (SSSR count). The molecule has 0 saturated carbocycles. The average molecular weight is 500 g/mol. The zero-order valence-corrected chi connectivity index (χ0v) is 20.1. The number of anilines is 2. The summed E-state index contributed by atoms with van der Waals surface area (Å²) in [6.07, 6.45) is 2.49. The van der Waals surface area contributed by atoms with E-state index in [4.69, 9.17) is 4.74 Å². The number of hydrogen-bond donors (Lipinski definition) is 1. The Balaban J connectivity index is 1.92. The lowest BCUT2D eigenvalue weighted by atomic mass is 10.2. The molecule has 0 unspecified atom stereocenters. The van der Waals surface area contributed by atoms with Crippen molar-refractivity contribution in [1.82, 2.24) is 4.31 Å². The van der Waals surface area contributed by atoms with Gasteiger partial charge in [-0.2, -0.15) is 4.31 Å². The normalized spacial score (nSPS) is 15.8. The van der Waals surface area contributed by atoms with Crippen molar-refractivity contribution in [3.05, 3.63) is 48.3 Å². The van der Waals surface area contributed by atoms with E-state index in [2.05, 4.69) is 5.32 Å². The summed E-state index contributed by atoms with van der Waals surface area (Å²) in [5, 5.41) is 2.57. The molecule has 2 aromatic rings. The number of carbonyl (C=O) groups excluding carboxylic acids is 1. The molecular weight excluding hydrogens is 473 g/mol. The lowest BCUT2D eigenvalue weighted by Crippen LogP contribution is -2.45. The minimum absolute atomic E-state index is 0.00773. The SMILES string of the molecule is COc1ccc(S(=O)(=O)N2CCCC2)cc1NC(=O)[C@H](C)N(c1ccc(F)cc1)S(C)(=O)=O. The number of carbonyl (C=O) groups is 1. The molecule has 0 spiro atoms. The molecule has 1 amide bonds. The van der Waals surface area contributed by atoms with Gasteiger partial charge in [-0.3, -0.25) is 9.10 Å². The van der Waals surface area contributed by atoms with Crippen molar-refractivity contribution in [3.8, 4) is 5.75 Å². The van der Waals surface area contributed by atoms with Crippen LogP contribution in [0.25, 0.3) is 0 Å². The van der Waals surface area contributed by atoms with Gasteiger partial charge in [0.15, 0.2) is 0 Å². The minimum atomic E-state index is -3.91. The van der Waals surface area contributed by atoms with E-state index < -0.39 is 37.8 Å². The van der Waals surface area contributed by atoms with Crippen molar-refractivity contribution in [2.24, 2.45) is 0 Å². The molecule has 0 radical (unpaired) electrons. The molecule has 180 valence electrons. The third-order valence-corrected chi connectivity index (χ3v) is 8.44. The summed E-state index contributed by atoms with van der Waals surface area (Å²) in [4.78, 5) is 13.0. The van der Waals surface area contributed by atoms with Gasteiger partial charge in [0.2, 0.25) is 26.0 Å². The van der Waals surface area contributed by atoms with Crippen LogP contribution in [0.1, 0.15) is 19.8 Å². The molecule has 0 aliphatic carbocycles. The van der Waals surface area contributed by atoms with Crippen LogP contribution in [0.5, 0.6) is 5.75 Å². The first kappa shape index (κ1) is 24.9. The van der Waals surface area contributed by atoms with Crippen LogP contribution in [-0.2, 0) is 24.8 Å². The maximum atomic E-state index is 13.3. The van der Waals surface area contributed by atoms with Gasteiger partial charge in [0.05, 0.1) is 29.6 Å². The highest BCUT2D eigenvalue weighted by Crippen LogP contribution is 2.31. The number of nitrogens with zero attached hydrogens (tertiary/aromatic N) is 2. The Morgan fingerprint density at radius 2 is 1.70 bits per heavy atom. The van der Waals surface area contributed by atoms with Crippen LogP contribution in [0.4, 0.5) is 15.8 Å². The van der Waals surface area contributed by atoms with Crippen LogP contribution in [0, 0.1) is 5.82 Å². The van der Waals surface area contributed by atoms with E-state index in [9.17, 15) is 26.0 Å². The summed E-state index contributed by atoms with van der Waals surface area (Å²) in [7, 11) is -6.29. The summed E-state index contributed by atoms with van der Waals surface area (Å²) in [6.45, 7) is 2.22. The molecule has 1 aliphatic heterocycles. The van der Waals surface area contributed by atoms with Crippen molar-refractivity contribution < 1.29 is 30.8 Å². The molecule has 12 heteroatoms. The monoisotopic (exact) mass is 499 g/mol. The molecule has 33 heavy (non-hydrogen) atoms. The fourth-order valence-electron chi connectivity index (χ4n) is 3.66. The fraction of sp³-hybridized carbons (Fsp3) is 0.381. The van der Waals surface area contributed by atoms with Crippen molar-refractivity contribution in [1.29, 1.82) is 0 Å². The first-order chi connectivity index (χ1) is 15.4. The number of halogens is 1. The van der Waals surface area contributed by atoms with Crippen molar-refractivity contribution in [2.75, 3.05) is 36.1 Å². The summed E-state index contributed by atoms with van der Waals surface area (Å²) in [5.41, 5.74) is 0.195. The Hall–Kier alpha value is -2.70. The second-order valence-electron chi connectivity index (χ2n) is 7.67. The van der Waals surface area contributed by atoms with E-state index in [1.807, 2.05) is 0 Å². The zero-order valence-electron chi connectivity index (χ0n) is 18.5. The Kier molecular flexibility index (Phi) is 7.29. The largest absolute Gasteiger partial charge is 0.495 e. The second-order valence-corrected chi connectivity index (χ2v) is 11.5. The predicted octanol–water partition coefficient (Wildman–Crippen LogP) is 2.41. The van der Waals surface area contributed by atoms with Gasteiger partial charge in [0, 0.05) is 13.1 Å². The topological polar surface area (TPSA) is 113 Å². The van der Waals surface area contributed by atoms with Crippen LogP contribution in [0.3, 0.4) is 0 Å². The maximum Gasteiger partial charge on any atom is 0.248 e. The smallest absolute Gasteiger partial charge is 0.248 e. The molecule has 9 nitrogen and oxygen atoms in total. The predicted molar refractivity (Wildman–Crippen MR) is 123 cm³/mol. The van der Waals surface area contributed by atoms with Crippen molar-refractivity contribution in [2.45, 2.75) is 30.7 Å². The molecule has 1 aliphatic rings. The Bertz CT molecular complexity index is 1230. The number of amides is 1. The van der Waals surface area contributed by atoms with Crippen LogP contribution >= 0.6 is 0 Å². The molecule has 2 aromatic carbocycles. The van der Waals surface area contributed by atoms with Crippen molar-refractivity contribution in [3.63, 3.8) is 0 Å². The van der Waals surface area contributed by atoms with Gasteiger partial charge in [0.1, 0.15) is 17.6 Å².